The van der Waals surface area contributed by atoms with Crippen LogP contribution in [0.3, 0.4) is 0 Å². The summed E-state index contributed by atoms with van der Waals surface area (Å²) in [7, 11) is 1.61. The number of methoxy groups -OCH3 is 1. The van der Waals surface area contributed by atoms with E-state index in [1.54, 1.807) is 7.11 Å². The zero-order chi connectivity index (χ0) is 20.2. The van der Waals surface area contributed by atoms with Crippen LogP contribution in [0.25, 0.3) is 17.0 Å². The van der Waals surface area contributed by atoms with E-state index in [9.17, 15) is 4.79 Å². The second kappa shape index (κ2) is 8.18. The lowest BCUT2D eigenvalue weighted by atomic mass is 10.2. The zero-order valence-corrected chi connectivity index (χ0v) is 16.4. The maximum atomic E-state index is 12.4. The third-order valence-electron chi connectivity index (χ3n) is 4.72. The van der Waals surface area contributed by atoms with Gasteiger partial charge in [0.25, 0.3) is 0 Å². The van der Waals surface area contributed by atoms with E-state index in [0.717, 1.165) is 22.7 Å². The summed E-state index contributed by atoms with van der Waals surface area (Å²) in [5.41, 5.74) is 2.48. The second-order valence-electron chi connectivity index (χ2n) is 6.70. The van der Waals surface area contributed by atoms with Crippen molar-refractivity contribution in [2.75, 3.05) is 13.7 Å². The Balaban J connectivity index is 1.36. The van der Waals surface area contributed by atoms with Crippen LogP contribution in [-0.4, -0.2) is 33.9 Å². The molecule has 3 heterocycles. The van der Waals surface area contributed by atoms with Crippen molar-refractivity contribution in [1.29, 1.82) is 0 Å². The van der Waals surface area contributed by atoms with Gasteiger partial charge in [0, 0.05) is 24.7 Å². The number of hydrogen-bond acceptors (Lipinski definition) is 5. The van der Waals surface area contributed by atoms with Gasteiger partial charge in [-0.3, -0.25) is 4.79 Å². The zero-order valence-electron chi connectivity index (χ0n) is 16.4. The summed E-state index contributed by atoms with van der Waals surface area (Å²) >= 11 is 0. The Morgan fingerprint density at radius 3 is 3.00 bits per heavy atom. The molecule has 29 heavy (non-hydrogen) atoms. The Hall–Kier alpha value is -3.61. The van der Waals surface area contributed by atoms with E-state index in [4.69, 9.17) is 9.15 Å². The van der Waals surface area contributed by atoms with E-state index in [1.165, 1.54) is 0 Å². The number of oxazole rings is 1. The number of rotatable bonds is 7. The van der Waals surface area contributed by atoms with Gasteiger partial charge < -0.3 is 18.9 Å². The molecule has 0 saturated heterocycles. The van der Waals surface area contributed by atoms with Gasteiger partial charge in [0.15, 0.2) is 0 Å². The molecule has 148 valence electrons. The van der Waals surface area contributed by atoms with Crippen LogP contribution in [0.2, 0.25) is 0 Å². The monoisotopic (exact) mass is 390 g/mol. The molecule has 1 N–H and O–H groups in total. The summed E-state index contributed by atoms with van der Waals surface area (Å²) in [4.78, 5) is 21.3. The molecular weight excluding hydrogens is 368 g/mol. The molecule has 4 rings (SSSR count). The van der Waals surface area contributed by atoms with Crippen molar-refractivity contribution in [3.63, 3.8) is 0 Å². The predicted octanol–water partition coefficient (Wildman–Crippen LogP) is 3.21. The Morgan fingerprint density at radius 2 is 2.14 bits per heavy atom. The molecule has 0 bridgehead atoms. The molecule has 7 nitrogen and oxygen atoms in total. The minimum atomic E-state index is -0.0977. The molecule has 7 heteroatoms. The Morgan fingerprint density at radius 1 is 1.24 bits per heavy atom. The van der Waals surface area contributed by atoms with Crippen molar-refractivity contribution in [3.8, 4) is 17.2 Å². The lowest BCUT2D eigenvalue weighted by Crippen LogP contribution is -2.28. The third-order valence-corrected chi connectivity index (χ3v) is 4.72. The van der Waals surface area contributed by atoms with Gasteiger partial charge >= 0.3 is 0 Å². The second-order valence-corrected chi connectivity index (χ2v) is 6.70. The lowest BCUT2D eigenvalue weighted by molar-refractivity contribution is -0.120. The number of imidazole rings is 1. The van der Waals surface area contributed by atoms with E-state index in [-0.39, 0.29) is 12.3 Å². The molecule has 0 fully saturated rings. The molecule has 0 aliphatic carbocycles. The molecule has 1 aromatic carbocycles. The fourth-order valence-corrected chi connectivity index (χ4v) is 3.18. The number of carbonyl (C=O) groups is 1. The number of ether oxygens (including phenoxy) is 1. The Kier molecular flexibility index (Phi) is 5.29. The molecule has 0 unspecified atom stereocenters. The minimum Gasteiger partial charge on any atom is -0.497 e. The van der Waals surface area contributed by atoms with E-state index in [1.807, 2.05) is 66.2 Å². The van der Waals surface area contributed by atoms with Crippen molar-refractivity contribution in [2.45, 2.75) is 19.8 Å². The number of nitrogens with zero attached hydrogens (tertiary/aromatic N) is 3. The van der Waals surface area contributed by atoms with Crippen molar-refractivity contribution in [2.24, 2.45) is 0 Å². The summed E-state index contributed by atoms with van der Waals surface area (Å²) in [6, 6.07) is 13.4. The van der Waals surface area contributed by atoms with Crippen LogP contribution >= 0.6 is 0 Å². The minimum absolute atomic E-state index is 0.0977. The first kappa shape index (κ1) is 18.7. The highest BCUT2D eigenvalue weighted by Gasteiger charge is 2.15. The summed E-state index contributed by atoms with van der Waals surface area (Å²) in [5, 5.41) is 2.93. The molecule has 0 atom stereocenters. The number of nitrogens with one attached hydrogen (secondary N) is 1. The summed E-state index contributed by atoms with van der Waals surface area (Å²) < 4.78 is 13.0. The van der Waals surface area contributed by atoms with Crippen LogP contribution in [0, 0.1) is 6.92 Å². The van der Waals surface area contributed by atoms with Gasteiger partial charge in [-0.25, -0.2) is 9.97 Å². The van der Waals surface area contributed by atoms with Crippen LogP contribution in [0.5, 0.6) is 5.75 Å². The van der Waals surface area contributed by atoms with Crippen LogP contribution in [0.4, 0.5) is 0 Å². The van der Waals surface area contributed by atoms with E-state index < -0.39 is 0 Å². The highest BCUT2D eigenvalue weighted by Crippen LogP contribution is 2.25. The van der Waals surface area contributed by atoms with Gasteiger partial charge in [-0.05, 0) is 37.3 Å². The molecule has 4 aromatic rings. The molecule has 0 radical (unpaired) electrons. The number of aryl methyl sites for hydroxylation is 1. The average Bonchev–Trinajstić information content (AvgIpc) is 3.32. The number of hydrogen-bond donors (Lipinski definition) is 1. The van der Waals surface area contributed by atoms with E-state index in [2.05, 4.69) is 15.3 Å². The number of amides is 1. The van der Waals surface area contributed by atoms with Crippen molar-refractivity contribution < 1.29 is 13.9 Å². The summed E-state index contributed by atoms with van der Waals surface area (Å²) in [5.74, 6) is 2.66. The molecule has 0 spiro atoms. The molecule has 3 aromatic heterocycles. The molecular formula is C22H22N4O3. The first-order valence-electron chi connectivity index (χ1n) is 9.42. The average molecular weight is 390 g/mol. The van der Waals surface area contributed by atoms with Crippen LogP contribution in [0.15, 0.2) is 59.3 Å². The topological polar surface area (TPSA) is 81.7 Å². The first-order chi connectivity index (χ1) is 14.1. The highest BCUT2D eigenvalue weighted by molar-refractivity contribution is 5.78. The van der Waals surface area contributed by atoms with Gasteiger partial charge in [-0.2, -0.15) is 0 Å². The van der Waals surface area contributed by atoms with Gasteiger partial charge in [0.1, 0.15) is 17.3 Å². The summed E-state index contributed by atoms with van der Waals surface area (Å²) in [6.07, 6.45) is 4.62. The highest BCUT2D eigenvalue weighted by atomic mass is 16.5. The van der Waals surface area contributed by atoms with Gasteiger partial charge in [0.05, 0.1) is 30.9 Å². The largest absolute Gasteiger partial charge is 0.497 e. The quantitative estimate of drug-likeness (QED) is 0.524. The molecule has 0 aliphatic heterocycles. The third kappa shape index (κ3) is 4.13. The van der Waals surface area contributed by atoms with Gasteiger partial charge in [-0.15, -0.1) is 0 Å². The molecule has 0 saturated carbocycles. The fourth-order valence-electron chi connectivity index (χ4n) is 3.18. The van der Waals surface area contributed by atoms with Crippen molar-refractivity contribution >= 4 is 11.4 Å². The molecule has 1 amide bonds. The maximum absolute atomic E-state index is 12.4. The lowest BCUT2D eigenvalue weighted by Gasteiger charge is -2.04. The van der Waals surface area contributed by atoms with Crippen LogP contribution in [0.1, 0.15) is 17.3 Å². The maximum Gasteiger partial charge on any atom is 0.226 e. The normalized spacial score (nSPS) is 11.0. The SMILES string of the molecule is COc1cccc(-c2nc(CC(=O)NCCc3ncc4ccccn34)c(C)o2)c1. The smallest absolute Gasteiger partial charge is 0.226 e. The number of pyridine rings is 1. The fraction of sp³-hybridized carbons (Fsp3) is 0.227. The van der Waals surface area contributed by atoms with Crippen molar-refractivity contribution in [3.05, 3.63) is 72.1 Å². The number of carbonyl (C=O) groups excluding carboxylic acids is 1. The number of fused-ring (bicyclic) bond motifs is 1. The van der Waals surface area contributed by atoms with Crippen LogP contribution in [-0.2, 0) is 17.6 Å². The van der Waals surface area contributed by atoms with Crippen molar-refractivity contribution in [1.82, 2.24) is 19.7 Å². The van der Waals surface area contributed by atoms with Crippen LogP contribution < -0.4 is 10.1 Å². The number of benzene rings is 1. The number of aromatic nitrogens is 3. The Labute approximate surface area is 168 Å². The van der Waals surface area contributed by atoms with E-state index >= 15 is 0 Å². The van der Waals surface area contributed by atoms with E-state index in [0.29, 0.717) is 30.3 Å². The standard InChI is InChI=1S/C22H22N4O3/c1-15-19(25-22(29-15)16-6-5-8-18(12-16)28-2)13-21(27)23-10-9-20-24-14-17-7-3-4-11-26(17)20/h3-8,11-12,14H,9-10,13H2,1-2H3,(H,23,27). The molecule has 0 aliphatic rings. The van der Waals surface area contributed by atoms with Gasteiger partial charge in [-0.1, -0.05) is 12.1 Å². The van der Waals surface area contributed by atoms with Gasteiger partial charge in [0.2, 0.25) is 11.8 Å². The first-order valence-corrected chi connectivity index (χ1v) is 9.42. The Bertz CT molecular complexity index is 1150. The summed E-state index contributed by atoms with van der Waals surface area (Å²) in [6.45, 7) is 2.32. The predicted molar refractivity (Wildman–Crippen MR) is 109 cm³/mol.